The van der Waals surface area contributed by atoms with Gasteiger partial charge in [-0.1, -0.05) is 26.0 Å². The van der Waals surface area contributed by atoms with Crippen LogP contribution in [-0.2, 0) is 6.42 Å². The molecule has 0 aliphatic heterocycles. The first-order chi connectivity index (χ1) is 9.78. The van der Waals surface area contributed by atoms with Gasteiger partial charge in [0.25, 0.3) is 0 Å². The van der Waals surface area contributed by atoms with E-state index in [0.29, 0.717) is 0 Å². The number of hydrogen-bond acceptors (Lipinski definition) is 1. The average Bonchev–Trinajstić information content (AvgIpc) is 2.68. The van der Waals surface area contributed by atoms with Gasteiger partial charge in [-0.2, -0.15) is 0 Å². The third-order valence-corrected chi connectivity index (χ3v) is 4.68. The van der Waals surface area contributed by atoms with E-state index in [9.17, 15) is 5.11 Å². The second kappa shape index (κ2) is 4.74. The number of hydrogen-bond donors (Lipinski definition) is 1. The quantitative estimate of drug-likeness (QED) is 0.824. The molecule has 1 aliphatic carbocycles. The number of aliphatic hydroxyl groups is 1. The molecule has 1 aromatic carbocycles. The molecule has 0 spiro atoms. The molecule has 112 valence electrons. The molecule has 1 aromatic heterocycles. The van der Waals surface area contributed by atoms with Crippen molar-refractivity contribution in [3.05, 3.63) is 52.3 Å². The summed E-state index contributed by atoms with van der Waals surface area (Å²) in [4.78, 5) is 0. The Labute approximate surface area is 127 Å². The van der Waals surface area contributed by atoms with Crippen molar-refractivity contribution in [3.63, 3.8) is 0 Å². The predicted molar refractivity (Wildman–Crippen MR) is 87.0 cm³/mol. The largest absolute Gasteiger partial charge is 0.388 e. The van der Waals surface area contributed by atoms with E-state index in [1.807, 2.05) is 0 Å². The van der Waals surface area contributed by atoms with Gasteiger partial charge in [0.2, 0.25) is 0 Å². The lowest BCUT2D eigenvalue weighted by molar-refractivity contribution is 0.0987. The van der Waals surface area contributed by atoms with E-state index in [2.05, 4.69) is 63.5 Å². The molecule has 2 nitrogen and oxygen atoms in total. The number of fused-ring (bicyclic) bond motifs is 1. The van der Waals surface area contributed by atoms with Crippen LogP contribution in [-0.4, -0.2) is 9.67 Å². The molecule has 2 aromatic rings. The fourth-order valence-corrected chi connectivity index (χ4v) is 3.64. The van der Waals surface area contributed by atoms with Gasteiger partial charge in [0.15, 0.2) is 0 Å². The predicted octanol–water partition coefficient (Wildman–Crippen LogP) is 4.41. The normalized spacial score (nSPS) is 20.4. The Morgan fingerprint density at radius 2 is 1.86 bits per heavy atom. The zero-order valence-corrected chi connectivity index (χ0v) is 13.7. The highest BCUT2D eigenvalue weighted by molar-refractivity contribution is 5.49. The molecular weight excluding hydrogens is 258 g/mol. The first-order valence-corrected chi connectivity index (χ1v) is 7.75. The molecule has 0 bridgehead atoms. The molecule has 1 aliphatic rings. The van der Waals surface area contributed by atoms with Gasteiger partial charge in [0, 0.05) is 22.6 Å². The molecule has 1 atom stereocenters. The fourth-order valence-electron chi connectivity index (χ4n) is 3.64. The summed E-state index contributed by atoms with van der Waals surface area (Å²) in [6.45, 7) is 10.9. The second-order valence-electron chi connectivity index (χ2n) is 7.37. The Balaban J connectivity index is 2.23. The van der Waals surface area contributed by atoms with Gasteiger partial charge < -0.3 is 9.67 Å². The van der Waals surface area contributed by atoms with Crippen LogP contribution in [0.25, 0.3) is 5.69 Å². The smallest absolute Gasteiger partial charge is 0.0812 e. The summed E-state index contributed by atoms with van der Waals surface area (Å²) in [5.74, 6) is 0. The van der Waals surface area contributed by atoms with Crippen molar-refractivity contribution in [1.29, 1.82) is 0 Å². The lowest BCUT2D eigenvalue weighted by Crippen LogP contribution is -2.26. The van der Waals surface area contributed by atoms with Gasteiger partial charge in [0.05, 0.1) is 6.10 Å². The van der Waals surface area contributed by atoms with E-state index in [1.165, 1.54) is 28.2 Å². The molecule has 0 fully saturated rings. The van der Waals surface area contributed by atoms with Crippen molar-refractivity contribution in [2.75, 3.05) is 0 Å². The average molecular weight is 283 g/mol. The van der Waals surface area contributed by atoms with Crippen molar-refractivity contribution >= 4 is 0 Å². The Morgan fingerprint density at radius 1 is 1.14 bits per heavy atom. The number of rotatable bonds is 1. The van der Waals surface area contributed by atoms with Crippen molar-refractivity contribution in [3.8, 4) is 5.69 Å². The molecule has 1 unspecified atom stereocenters. The van der Waals surface area contributed by atoms with Crippen LogP contribution in [0.4, 0.5) is 0 Å². The van der Waals surface area contributed by atoms with Crippen LogP contribution >= 0.6 is 0 Å². The van der Waals surface area contributed by atoms with Crippen molar-refractivity contribution in [2.45, 2.75) is 53.6 Å². The number of benzene rings is 1. The minimum absolute atomic E-state index is 0.146. The van der Waals surface area contributed by atoms with Crippen molar-refractivity contribution < 1.29 is 5.11 Å². The maximum atomic E-state index is 10.5. The molecule has 0 saturated carbocycles. The first kappa shape index (κ1) is 14.4. The maximum absolute atomic E-state index is 10.5. The van der Waals surface area contributed by atoms with Crippen LogP contribution in [0.5, 0.6) is 0 Å². The van der Waals surface area contributed by atoms with E-state index < -0.39 is 0 Å². The van der Waals surface area contributed by atoms with Crippen LogP contribution in [0.3, 0.4) is 0 Å². The molecule has 1 heterocycles. The van der Waals surface area contributed by atoms with Gasteiger partial charge in [-0.25, -0.2) is 0 Å². The Morgan fingerprint density at radius 3 is 2.57 bits per heavy atom. The number of aromatic nitrogens is 1. The van der Waals surface area contributed by atoms with Gasteiger partial charge in [-0.05, 0) is 62.3 Å². The minimum Gasteiger partial charge on any atom is -0.388 e. The molecule has 0 radical (unpaired) electrons. The van der Waals surface area contributed by atoms with Crippen molar-refractivity contribution in [2.24, 2.45) is 5.41 Å². The molecule has 3 rings (SSSR count). The Bertz CT molecular complexity index is 694. The zero-order valence-electron chi connectivity index (χ0n) is 13.7. The van der Waals surface area contributed by atoms with Gasteiger partial charge in [-0.3, -0.25) is 0 Å². The van der Waals surface area contributed by atoms with Gasteiger partial charge in [0.1, 0.15) is 0 Å². The SMILES string of the molecule is Cc1ccc(C)c(-n2c(C)cc3c2CC(C)(C)CC3O)c1. The summed E-state index contributed by atoms with van der Waals surface area (Å²) in [7, 11) is 0. The lowest BCUT2D eigenvalue weighted by Gasteiger charge is -2.34. The van der Waals surface area contributed by atoms with E-state index in [4.69, 9.17) is 0 Å². The monoisotopic (exact) mass is 283 g/mol. The third kappa shape index (κ3) is 2.42. The number of aryl methyl sites for hydroxylation is 3. The molecule has 21 heavy (non-hydrogen) atoms. The third-order valence-electron chi connectivity index (χ3n) is 4.68. The Hall–Kier alpha value is -1.54. The zero-order chi connectivity index (χ0) is 15.4. The van der Waals surface area contributed by atoms with Crippen LogP contribution in [0, 0.1) is 26.2 Å². The molecule has 1 N–H and O–H groups in total. The highest BCUT2D eigenvalue weighted by atomic mass is 16.3. The molecule has 0 saturated heterocycles. The van der Waals surface area contributed by atoms with Gasteiger partial charge in [-0.15, -0.1) is 0 Å². The summed E-state index contributed by atoms with van der Waals surface area (Å²) < 4.78 is 2.35. The fraction of sp³-hybridized carbons (Fsp3) is 0.474. The summed E-state index contributed by atoms with van der Waals surface area (Å²) >= 11 is 0. The molecular formula is C19H25NO. The van der Waals surface area contributed by atoms with Crippen LogP contribution in [0.2, 0.25) is 0 Å². The number of nitrogens with zero attached hydrogens (tertiary/aromatic N) is 1. The van der Waals surface area contributed by atoms with Crippen LogP contribution < -0.4 is 0 Å². The lowest BCUT2D eigenvalue weighted by atomic mass is 9.75. The van der Waals surface area contributed by atoms with Crippen LogP contribution in [0.1, 0.15) is 54.5 Å². The highest BCUT2D eigenvalue weighted by Crippen LogP contribution is 2.43. The van der Waals surface area contributed by atoms with E-state index in [1.54, 1.807) is 0 Å². The van der Waals surface area contributed by atoms with Gasteiger partial charge >= 0.3 is 0 Å². The summed E-state index contributed by atoms with van der Waals surface area (Å²) in [6, 6.07) is 8.75. The standard InChI is InChI=1S/C19H25NO/c1-12-6-7-13(2)16(8-12)20-14(3)9-15-17(20)10-19(4,5)11-18(15)21/h6-9,18,21H,10-11H2,1-5H3. The summed E-state index contributed by atoms with van der Waals surface area (Å²) in [6.07, 6.45) is 1.52. The summed E-state index contributed by atoms with van der Waals surface area (Å²) in [5, 5.41) is 10.5. The first-order valence-electron chi connectivity index (χ1n) is 7.75. The molecule has 2 heteroatoms. The minimum atomic E-state index is -0.339. The highest BCUT2D eigenvalue weighted by Gasteiger charge is 2.34. The summed E-state index contributed by atoms with van der Waals surface area (Å²) in [5.41, 5.74) is 7.56. The van der Waals surface area contributed by atoms with E-state index in [0.717, 1.165) is 18.4 Å². The van der Waals surface area contributed by atoms with Crippen LogP contribution in [0.15, 0.2) is 24.3 Å². The topological polar surface area (TPSA) is 25.2 Å². The van der Waals surface area contributed by atoms with E-state index in [-0.39, 0.29) is 11.5 Å². The maximum Gasteiger partial charge on any atom is 0.0812 e. The Kier molecular flexibility index (Phi) is 3.25. The van der Waals surface area contributed by atoms with E-state index >= 15 is 0 Å². The van der Waals surface area contributed by atoms with Crippen molar-refractivity contribution in [1.82, 2.24) is 4.57 Å². The molecule has 0 amide bonds. The number of aliphatic hydroxyl groups excluding tert-OH is 1. The second-order valence-corrected chi connectivity index (χ2v) is 7.37.